The minimum Gasteiger partial charge on any atom is -0.444 e. The van der Waals surface area contributed by atoms with E-state index >= 15 is 0 Å². The van der Waals surface area contributed by atoms with Crippen LogP contribution in [0.2, 0.25) is 10.0 Å². The summed E-state index contributed by atoms with van der Waals surface area (Å²) in [5, 5.41) is 16.0. The van der Waals surface area contributed by atoms with Gasteiger partial charge in [0.25, 0.3) is 0 Å². The first-order valence-corrected chi connectivity index (χ1v) is 14.4. The van der Waals surface area contributed by atoms with Crippen molar-refractivity contribution in [2.24, 2.45) is 5.92 Å². The zero-order chi connectivity index (χ0) is 29.6. The highest BCUT2D eigenvalue weighted by atomic mass is 35.5. The number of anilines is 1. The molecule has 3 amide bonds. The van der Waals surface area contributed by atoms with Crippen LogP contribution < -0.4 is 10.6 Å². The van der Waals surface area contributed by atoms with Crippen LogP contribution in [0.15, 0.2) is 66.7 Å². The van der Waals surface area contributed by atoms with E-state index in [0.717, 1.165) is 29.5 Å². The molecule has 0 aromatic heterocycles. The Morgan fingerprint density at radius 2 is 1.66 bits per heavy atom. The van der Waals surface area contributed by atoms with Crippen molar-refractivity contribution in [2.45, 2.75) is 45.1 Å². The van der Waals surface area contributed by atoms with Crippen LogP contribution in [0.4, 0.5) is 15.3 Å². The number of carbonyl (C=O) groups is 2. The number of hydrogen-bond acceptors (Lipinski definition) is 4. The molecule has 1 aliphatic heterocycles. The normalized spacial score (nSPS) is 14.6. The van der Waals surface area contributed by atoms with E-state index in [1.807, 2.05) is 51.1 Å². The van der Waals surface area contributed by atoms with Crippen LogP contribution in [0.3, 0.4) is 0 Å². The minimum atomic E-state index is -0.546. The molecule has 1 aliphatic rings. The summed E-state index contributed by atoms with van der Waals surface area (Å²) < 4.78 is 5.56. The number of nitriles is 1. The second-order valence-corrected chi connectivity index (χ2v) is 12.1. The fraction of sp³-hybridized carbons (Fsp3) is 0.344. The van der Waals surface area contributed by atoms with Crippen molar-refractivity contribution < 1.29 is 14.3 Å². The Bertz CT molecular complexity index is 1400. The number of urea groups is 1. The van der Waals surface area contributed by atoms with Gasteiger partial charge in [-0.3, -0.25) is 0 Å². The van der Waals surface area contributed by atoms with E-state index in [9.17, 15) is 14.9 Å². The molecule has 7 nitrogen and oxygen atoms in total. The smallest absolute Gasteiger partial charge is 0.410 e. The van der Waals surface area contributed by atoms with Crippen LogP contribution in [0, 0.1) is 17.2 Å². The number of piperidine rings is 1. The molecule has 0 spiro atoms. The maximum atomic E-state index is 12.8. The number of hydrogen-bond donors (Lipinski definition) is 2. The SMILES string of the molecule is CC(C)(C)OC(=O)N1CCC(C(CNC(=O)Nc2cc(Cl)cc(Cl)c2)c2ccc(-c3cccc(C#N)c3)cc2)CC1. The third-order valence-electron chi connectivity index (χ3n) is 7.03. The molecule has 1 unspecified atom stereocenters. The quantitative estimate of drug-likeness (QED) is 0.302. The largest absolute Gasteiger partial charge is 0.444 e. The van der Waals surface area contributed by atoms with Crippen molar-refractivity contribution in [3.05, 3.63) is 87.9 Å². The second-order valence-electron chi connectivity index (χ2n) is 11.2. The molecule has 3 aromatic rings. The molecule has 1 heterocycles. The second kappa shape index (κ2) is 13.3. The van der Waals surface area contributed by atoms with Crippen molar-refractivity contribution in [3.63, 3.8) is 0 Å². The molecule has 3 aromatic carbocycles. The highest BCUT2D eigenvalue weighted by Gasteiger charge is 2.31. The third-order valence-corrected chi connectivity index (χ3v) is 7.46. The van der Waals surface area contributed by atoms with Gasteiger partial charge < -0.3 is 20.3 Å². The van der Waals surface area contributed by atoms with Gasteiger partial charge in [0.2, 0.25) is 0 Å². The molecule has 4 rings (SSSR count). The van der Waals surface area contributed by atoms with E-state index in [1.165, 1.54) is 0 Å². The van der Waals surface area contributed by atoms with E-state index in [1.54, 1.807) is 29.2 Å². The molecule has 1 fully saturated rings. The lowest BCUT2D eigenvalue weighted by atomic mass is 9.79. The molecular formula is C32H34Cl2N4O3. The molecule has 214 valence electrons. The van der Waals surface area contributed by atoms with Gasteiger partial charge in [-0.25, -0.2) is 9.59 Å². The summed E-state index contributed by atoms with van der Waals surface area (Å²) in [6, 6.07) is 22.5. The van der Waals surface area contributed by atoms with Crippen LogP contribution in [0.5, 0.6) is 0 Å². The van der Waals surface area contributed by atoms with Crippen molar-refractivity contribution in [1.29, 1.82) is 5.26 Å². The van der Waals surface area contributed by atoms with Gasteiger partial charge in [-0.2, -0.15) is 5.26 Å². The highest BCUT2D eigenvalue weighted by Crippen LogP contribution is 2.34. The number of amides is 3. The van der Waals surface area contributed by atoms with E-state index in [2.05, 4.69) is 28.8 Å². The fourth-order valence-electron chi connectivity index (χ4n) is 5.06. The predicted molar refractivity (Wildman–Crippen MR) is 163 cm³/mol. The number of carbonyl (C=O) groups excluding carboxylic acids is 2. The number of nitrogens with one attached hydrogen (secondary N) is 2. The Kier molecular flexibility index (Phi) is 9.80. The van der Waals surface area contributed by atoms with Crippen LogP contribution in [-0.2, 0) is 4.74 Å². The van der Waals surface area contributed by atoms with Gasteiger partial charge in [0, 0.05) is 41.3 Å². The maximum Gasteiger partial charge on any atom is 0.410 e. The average molecular weight is 594 g/mol. The zero-order valence-electron chi connectivity index (χ0n) is 23.4. The molecule has 1 atom stereocenters. The van der Waals surface area contributed by atoms with Gasteiger partial charge in [-0.1, -0.05) is 59.6 Å². The topological polar surface area (TPSA) is 94.5 Å². The van der Waals surface area contributed by atoms with Gasteiger partial charge in [0.05, 0.1) is 11.6 Å². The van der Waals surface area contributed by atoms with Gasteiger partial charge in [-0.15, -0.1) is 0 Å². The van der Waals surface area contributed by atoms with E-state index < -0.39 is 5.60 Å². The minimum absolute atomic E-state index is 0.0176. The first-order chi connectivity index (χ1) is 19.5. The van der Waals surface area contributed by atoms with Gasteiger partial charge in [0.1, 0.15) is 5.60 Å². The first kappa shape index (κ1) is 30.2. The molecule has 1 saturated heterocycles. The molecular weight excluding hydrogens is 559 g/mol. The third kappa shape index (κ3) is 8.63. The standard InChI is InChI=1S/C32H34Cl2N4O3/c1-32(2,3)41-31(40)38-13-11-24(12-14-38)29(20-36-30(39)37-28-17-26(33)16-27(34)18-28)23-9-7-22(8-10-23)25-6-4-5-21(15-25)19-35/h4-10,15-18,24,29H,11-14,20H2,1-3H3,(H2,36,37,39). The first-order valence-electron chi connectivity index (χ1n) is 13.6. The zero-order valence-corrected chi connectivity index (χ0v) is 24.9. The van der Waals surface area contributed by atoms with Crippen molar-refractivity contribution >= 4 is 41.0 Å². The van der Waals surface area contributed by atoms with Gasteiger partial charge in [0.15, 0.2) is 0 Å². The van der Waals surface area contributed by atoms with Crippen LogP contribution >= 0.6 is 23.2 Å². The van der Waals surface area contributed by atoms with Crippen molar-refractivity contribution in [1.82, 2.24) is 10.2 Å². The molecule has 0 aliphatic carbocycles. The molecule has 0 radical (unpaired) electrons. The van der Waals surface area contributed by atoms with Crippen molar-refractivity contribution in [2.75, 3.05) is 25.0 Å². The lowest BCUT2D eigenvalue weighted by Gasteiger charge is -2.37. The summed E-state index contributed by atoms with van der Waals surface area (Å²) in [5.41, 5.74) is 3.63. The molecule has 9 heteroatoms. The number of rotatable bonds is 6. The van der Waals surface area contributed by atoms with Crippen molar-refractivity contribution in [3.8, 4) is 17.2 Å². The predicted octanol–water partition coefficient (Wildman–Crippen LogP) is 8.08. The Morgan fingerprint density at radius 1 is 1.00 bits per heavy atom. The monoisotopic (exact) mass is 592 g/mol. The number of ether oxygens (including phenoxy) is 1. The maximum absolute atomic E-state index is 12.8. The summed E-state index contributed by atoms with van der Waals surface area (Å²) in [4.78, 5) is 27.2. The Hall–Kier alpha value is -3.73. The Morgan fingerprint density at radius 3 is 2.27 bits per heavy atom. The Balaban J connectivity index is 1.49. The fourth-order valence-corrected chi connectivity index (χ4v) is 5.59. The molecule has 41 heavy (non-hydrogen) atoms. The van der Waals surface area contributed by atoms with E-state index in [-0.39, 0.29) is 24.0 Å². The number of likely N-dealkylation sites (tertiary alicyclic amines) is 1. The lowest BCUT2D eigenvalue weighted by molar-refractivity contribution is 0.0174. The van der Waals surface area contributed by atoms with E-state index in [4.69, 9.17) is 27.9 Å². The lowest BCUT2D eigenvalue weighted by Crippen LogP contribution is -2.44. The number of nitrogens with zero attached hydrogens (tertiary/aromatic N) is 2. The summed E-state index contributed by atoms with van der Waals surface area (Å²) in [5.74, 6) is 0.256. The van der Waals surface area contributed by atoms with E-state index in [0.29, 0.717) is 40.9 Å². The summed E-state index contributed by atoms with van der Waals surface area (Å²) in [7, 11) is 0. The van der Waals surface area contributed by atoms with Crippen LogP contribution in [-0.4, -0.2) is 42.3 Å². The number of benzene rings is 3. The average Bonchev–Trinajstić information content (AvgIpc) is 2.92. The summed E-state index contributed by atoms with van der Waals surface area (Å²) in [6.07, 6.45) is 1.26. The summed E-state index contributed by atoms with van der Waals surface area (Å²) >= 11 is 12.2. The van der Waals surface area contributed by atoms with Crippen LogP contribution in [0.1, 0.15) is 50.7 Å². The molecule has 0 bridgehead atoms. The van der Waals surface area contributed by atoms with Gasteiger partial charge in [-0.05, 0) is 86.6 Å². The van der Waals surface area contributed by atoms with Crippen LogP contribution in [0.25, 0.3) is 11.1 Å². The molecule has 0 saturated carbocycles. The van der Waals surface area contributed by atoms with Gasteiger partial charge >= 0.3 is 12.1 Å². The highest BCUT2D eigenvalue weighted by molar-refractivity contribution is 6.35. The molecule has 2 N–H and O–H groups in total. The number of halogens is 2. The summed E-state index contributed by atoms with van der Waals surface area (Å²) in [6.45, 7) is 7.16. The Labute approximate surface area is 251 Å².